The zero-order valence-corrected chi connectivity index (χ0v) is 19.9. The smallest absolute Gasteiger partial charge is 0.410 e. The highest BCUT2D eigenvalue weighted by atomic mass is 19.1. The highest BCUT2D eigenvalue weighted by Crippen LogP contribution is 2.40. The maximum atomic E-state index is 15.3. The number of rotatable bonds is 6. The van der Waals surface area contributed by atoms with Crippen LogP contribution in [0.4, 0.5) is 9.18 Å². The number of benzene rings is 1. The summed E-state index contributed by atoms with van der Waals surface area (Å²) in [6.07, 6.45) is 4.41. The Kier molecular flexibility index (Phi) is 7.51. The fourth-order valence-electron chi connectivity index (χ4n) is 4.73. The van der Waals surface area contributed by atoms with Crippen LogP contribution in [0, 0.1) is 5.82 Å². The summed E-state index contributed by atoms with van der Waals surface area (Å²) in [6, 6.07) is 3.55. The molecule has 174 valence electrons. The van der Waals surface area contributed by atoms with Gasteiger partial charge in [-0.3, -0.25) is 4.90 Å². The number of halogens is 1. The molecule has 1 amide bonds. The van der Waals surface area contributed by atoms with Gasteiger partial charge >= 0.3 is 6.09 Å². The third-order valence-electron chi connectivity index (χ3n) is 6.52. The molecule has 3 rings (SSSR count). The first-order valence-electron chi connectivity index (χ1n) is 11.8. The van der Waals surface area contributed by atoms with E-state index >= 15 is 4.39 Å². The van der Waals surface area contributed by atoms with Gasteiger partial charge in [-0.1, -0.05) is 13.8 Å². The molecule has 6 heteroatoms. The van der Waals surface area contributed by atoms with Gasteiger partial charge in [0.05, 0.1) is 0 Å². The van der Waals surface area contributed by atoms with Gasteiger partial charge in [-0.05, 0) is 88.6 Å². The van der Waals surface area contributed by atoms with Crippen molar-refractivity contribution in [2.45, 2.75) is 77.7 Å². The topological polar surface area (TPSA) is 42.0 Å². The van der Waals surface area contributed by atoms with Crippen molar-refractivity contribution >= 4 is 6.09 Å². The van der Waals surface area contributed by atoms with Crippen molar-refractivity contribution in [2.75, 3.05) is 39.3 Å². The molecular formula is C25H39FN2O3. The lowest BCUT2D eigenvalue weighted by Crippen LogP contribution is -2.46. The fourth-order valence-corrected chi connectivity index (χ4v) is 4.73. The van der Waals surface area contributed by atoms with Gasteiger partial charge < -0.3 is 14.4 Å². The van der Waals surface area contributed by atoms with Crippen molar-refractivity contribution in [3.63, 3.8) is 0 Å². The molecule has 0 N–H and O–H groups in total. The zero-order valence-electron chi connectivity index (χ0n) is 19.9. The van der Waals surface area contributed by atoms with E-state index in [0.29, 0.717) is 38.3 Å². The van der Waals surface area contributed by atoms with E-state index in [4.69, 9.17) is 9.47 Å². The minimum Gasteiger partial charge on any atom is -0.492 e. The maximum absolute atomic E-state index is 15.3. The van der Waals surface area contributed by atoms with Crippen LogP contribution in [0.25, 0.3) is 0 Å². The quantitative estimate of drug-likeness (QED) is 0.621. The number of hydrogen-bond acceptors (Lipinski definition) is 4. The Morgan fingerprint density at radius 1 is 1.13 bits per heavy atom. The lowest BCUT2D eigenvalue weighted by atomic mass is 9.72. The normalized spacial score (nSPS) is 19.5. The number of amides is 1. The van der Waals surface area contributed by atoms with E-state index < -0.39 is 5.60 Å². The lowest BCUT2D eigenvalue weighted by molar-refractivity contribution is 0.0170. The van der Waals surface area contributed by atoms with Crippen molar-refractivity contribution in [1.82, 2.24) is 9.80 Å². The predicted octanol–water partition coefficient (Wildman–Crippen LogP) is 5.15. The molecule has 2 aliphatic heterocycles. The van der Waals surface area contributed by atoms with Gasteiger partial charge in [0, 0.05) is 25.7 Å². The van der Waals surface area contributed by atoms with Gasteiger partial charge in [-0.25, -0.2) is 9.18 Å². The Morgan fingerprint density at radius 3 is 2.35 bits per heavy atom. The van der Waals surface area contributed by atoms with Gasteiger partial charge in [0.25, 0.3) is 0 Å². The average Bonchev–Trinajstić information content (AvgIpc) is 3.20. The van der Waals surface area contributed by atoms with Crippen molar-refractivity contribution in [3.05, 3.63) is 29.1 Å². The zero-order chi connectivity index (χ0) is 22.6. The monoisotopic (exact) mass is 434 g/mol. The Hall–Kier alpha value is -1.82. The SMILES string of the molecule is CCc1cc(OCCN2CCCC2)cc(F)c1C1(C)CCN(C(=O)OC(C)(C)C)CC1. The summed E-state index contributed by atoms with van der Waals surface area (Å²) >= 11 is 0. The molecule has 2 aliphatic rings. The van der Waals surface area contributed by atoms with Crippen LogP contribution in [0.5, 0.6) is 5.75 Å². The average molecular weight is 435 g/mol. The summed E-state index contributed by atoms with van der Waals surface area (Å²) in [4.78, 5) is 16.5. The van der Waals surface area contributed by atoms with Crippen LogP contribution in [0.1, 0.15) is 71.4 Å². The van der Waals surface area contributed by atoms with Crippen molar-refractivity contribution < 1.29 is 18.7 Å². The van der Waals surface area contributed by atoms with Gasteiger partial charge in [0.1, 0.15) is 23.8 Å². The Labute approximate surface area is 186 Å². The van der Waals surface area contributed by atoms with Crippen LogP contribution >= 0.6 is 0 Å². The number of nitrogens with zero attached hydrogens (tertiary/aromatic N) is 2. The van der Waals surface area contributed by atoms with Crippen LogP contribution < -0.4 is 4.74 Å². The van der Waals surface area contributed by atoms with Crippen LogP contribution in [0.3, 0.4) is 0 Å². The number of carbonyl (C=O) groups excluding carboxylic acids is 1. The Balaban J connectivity index is 1.66. The third kappa shape index (κ3) is 6.12. The summed E-state index contributed by atoms with van der Waals surface area (Å²) in [6.45, 7) is 14.7. The van der Waals surface area contributed by atoms with E-state index in [9.17, 15) is 4.79 Å². The molecule has 0 aliphatic carbocycles. The van der Waals surface area contributed by atoms with Gasteiger partial charge in [0.15, 0.2) is 0 Å². The minimum atomic E-state index is -0.510. The summed E-state index contributed by atoms with van der Waals surface area (Å²) in [5, 5.41) is 0. The van der Waals surface area contributed by atoms with Gasteiger partial charge in [-0.2, -0.15) is 0 Å². The van der Waals surface area contributed by atoms with Crippen LogP contribution in [0.2, 0.25) is 0 Å². The van der Waals surface area contributed by atoms with E-state index in [0.717, 1.165) is 37.2 Å². The van der Waals surface area contributed by atoms with Crippen molar-refractivity contribution in [3.8, 4) is 5.75 Å². The molecule has 0 bridgehead atoms. The first kappa shape index (κ1) is 23.8. The lowest BCUT2D eigenvalue weighted by Gasteiger charge is -2.41. The highest BCUT2D eigenvalue weighted by Gasteiger charge is 2.38. The van der Waals surface area contributed by atoms with E-state index in [-0.39, 0.29) is 17.3 Å². The summed E-state index contributed by atoms with van der Waals surface area (Å²) in [5.41, 5.74) is 0.974. The predicted molar refractivity (Wildman–Crippen MR) is 121 cm³/mol. The fraction of sp³-hybridized carbons (Fsp3) is 0.720. The molecule has 5 nitrogen and oxygen atoms in total. The molecule has 31 heavy (non-hydrogen) atoms. The van der Waals surface area contributed by atoms with Crippen LogP contribution in [-0.2, 0) is 16.6 Å². The van der Waals surface area contributed by atoms with E-state index in [1.54, 1.807) is 11.0 Å². The first-order chi connectivity index (χ1) is 14.6. The Morgan fingerprint density at radius 2 is 1.77 bits per heavy atom. The molecule has 0 unspecified atom stereocenters. The minimum absolute atomic E-state index is 0.191. The summed E-state index contributed by atoms with van der Waals surface area (Å²) in [5.74, 6) is 0.427. The molecule has 2 heterocycles. The van der Waals surface area contributed by atoms with Crippen molar-refractivity contribution in [2.24, 2.45) is 0 Å². The number of piperidine rings is 1. The van der Waals surface area contributed by atoms with Crippen LogP contribution in [0.15, 0.2) is 12.1 Å². The number of likely N-dealkylation sites (tertiary alicyclic amines) is 2. The molecule has 0 atom stereocenters. The molecule has 0 saturated carbocycles. The number of carbonyl (C=O) groups is 1. The van der Waals surface area contributed by atoms with Crippen molar-refractivity contribution in [1.29, 1.82) is 0 Å². The van der Waals surface area contributed by atoms with Crippen LogP contribution in [-0.4, -0.2) is 60.8 Å². The molecule has 2 saturated heterocycles. The second kappa shape index (κ2) is 9.76. The molecule has 0 spiro atoms. The first-order valence-corrected chi connectivity index (χ1v) is 11.8. The van der Waals surface area contributed by atoms with Gasteiger partial charge in [-0.15, -0.1) is 0 Å². The Bertz CT molecular complexity index is 761. The van der Waals surface area contributed by atoms with E-state index in [1.165, 1.54) is 12.8 Å². The van der Waals surface area contributed by atoms with E-state index in [2.05, 4.69) is 18.7 Å². The third-order valence-corrected chi connectivity index (χ3v) is 6.52. The molecular weight excluding hydrogens is 395 g/mol. The standard InChI is InChI=1S/C25H39FN2O3/c1-6-19-17-20(30-16-15-27-11-7-8-12-27)18-21(26)22(19)25(5)9-13-28(14-10-25)23(29)31-24(2,3)4/h17-18H,6-16H2,1-5H3. The molecule has 2 fully saturated rings. The second-order valence-corrected chi connectivity index (χ2v) is 10.2. The van der Waals surface area contributed by atoms with Gasteiger partial charge in [0.2, 0.25) is 0 Å². The number of ether oxygens (including phenoxy) is 2. The maximum Gasteiger partial charge on any atom is 0.410 e. The summed E-state index contributed by atoms with van der Waals surface area (Å²) < 4.78 is 26.8. The van der Waals surface area contributed by atoms with E-state index in [1.807, 2.05) is 26.8 Å². The second-order valence-electron chi connectivity index (χ2n) is 10.2. The molecule has 0 aromatic heterocycles. The molecule has 1 aromatic carbocycles. The summed E-state index contributed by atoms with van der Waals surface area (Å²) in [7, 11) is 0. The number of aryl methyl sites for hydroxylation is 1. The molecule has 1 aromatic rings. The molecule has 0 radical (unpaired) electrons. The highest BCUT2D eigenvalue weighted by molar-refractivity contribution is 5.68. The number of hydrogen-bond donors (Lipinski definition) is 0. The largest absolute Gasteiger partial charge is 0.492 e.